The number of halogens is 1. The van der Waals surface area contributed by atoms with E-state index < -0.39 is 23.2 Å². The number of aromatic amines is 2. The number of amides is 6. The zero-order chi connectivity index (χ0) is 40.7. The van der Waals surface area contributed by atoms with E-state index in [2.05, 4.69) is 31.1 Å². The van der Waals surface area contributed by atoms with Crippen LogP contribution in [0, 0.1) is 0 Å². The van der Waals surface area contributed by atoms with E-state index in [0.717, 1.165) is 21.2 Å². The Balaban J connectivity index is 0.930. The van der Waals surface area contributed by atoms with Gasteiger partial charge in [-0.2, -0.15) is 16.9 Å². The fourth-order valence-corrected chi connectivity index (χ4v) is 8.28. The molecule has 8 rings (SSSR count). The number of esters is 1. The fraction of sp³-hybridized carbons (Fsp3) is 0.195. The Hall–Kier alpha value is -6.65. The summed E-state index contributed by atoms with van der Waals surface area (Å²) in [7, 11) is 0. The largest absolute Gasteiger partial charge is 0.426 e. The van der Waals surface area contributed by atoms with Crippen molar-refractivity contribution >= 4 is 115 Å². The second kappa shape index (κ2) is 15.7. The maximum absolute atomic E-state index is 14.1. The molecule has 6 amide bonds. The topological polar surface area (TPSA) is 198 Å². The molecule has 294 valence electrons. The number of imide groups is 1. The molecule has 2 unspecified atom stereocenters. The number of hydrogen-bond donors (Lipinski definition) is 5. The number of likely N-dealkylation sites (tertiary alicyclic amines) is 1. The van der Waals surface area contributed by atoms with Gasteiger partial charge in [-0.25, -0.2) is 10.2 Å². The lowest BCUT2D eigenvalue weighted by atomic mass is 9.95. The van der Waals surface area contributed by atoms with Gasteiger partial charge in [0.05, 0.1) is 17.5 Å². The zero-order valence-electron chi connectivity index (χ0n) is 31.1. The molecule has 0 radical (unpaired) electrons. The predicted octanol–water partition coefficient (Wildman–Crippen LogP) is 6.56. The molecule has 2 aromatic heterocycles. The molecule has 5 N–H and O–H groups in total. The number of aromatic nitrogens is 2. The van der Waals surface area contributed by atoms with Crippen molar-refractivity contribution in [3.05, 3.63) is 95.8 Å². The van der Waals surface area contributed by atoms with Crippen molar-refractivity contribution < 1.29 is 33.5 Å². The van der Waals surface area contributed by atoms with Gasteiger partial charge in [-0.05, 0) is 65.7 Å². The SMILES string of the molecule is CSC1CC(=O)N(C/C=N/NC(=O)Nc2ccc3[nH]c(C(=O)Nc4ccc5[nH]c(C(=O)N6CC(CCl)c7c6cc(OC(C)=O)c6ccccc76)cc5c4)cc3c2)C1=O. The molecule has 0 saturated carbocycles. The van der Waals surface area contributed by atoms with Gasteiger partial charge in [0.25, 0.3) is 11.8 Å². The number of thioether (sulfide) groups is 1. The summed E-state index contributed by atoms with van der Waals surface area (Å²) in [5.74, 6) is -1.19. The van der Waals surface area contributed by atoms with Gasteiger partial charge in [0, 0.05) is 82.5 Å². The van der Waals surface area contributed by atoms with Crippen molar-refractivity contribution in [2.24, 2.45) is 5.10 Å². The number of hydrazone groups is 1. The highest BCUT2D eigenvalue weighted by atomic mass is 35.5. The lowest BCUT2D eigenvalue weighted by molar-refractivity contribution is -0.137. The monoisotopic (exact) mass is 818 g/mol. The first-order valence-electron chi connectivity index (χ1n) is 18.2. The van der Waals surface area contributed by atoms with Crippen molar-refractivity contribution in [2.75, 3.05) is 40.8 Å². The number of H-pyrrole nitrogens is 2. The number of hydrogen-bond acceptors (Lipinski definition) is 9. The number of nitrogens with zero attached hydrogens (tertiary/aromatic N) is 3. The average molecular weight is 819 g/mol. The fourth-order valence-electron chi connectivity index (χ4n) is 7.39. The number of carbonyl (C=O) groups excluding carboxylic acids is 6. The molecule has 0 bridgehead atoms. The Morgan fingerprint density at radius 1 is 0.914 bits per heavy atom. The second-order valence-electron chi connectivity index (χ2n) is 13.8. The minimum atomic E-state index is -0.637. The molecule has 17 heteroatoms. The maximum Gasteiger partial charge on any atom is 0.339 e. The third kappa shape index (κ3) is 7.34. The molecule has 2 aliphatic heterocycles. The van der Waals surface area contributed by atoms with E-state index in [-0.39, 0.29) is 42.3 Å². The molecular formula is C41H35ClN8O7S. The summed E-state index contributed by atoms with van der Waals surface area (Å²) in [5, 5.41) is 12.0. The van der Waals surface area contributed by atoms with Crippen LogP contribution in [0.5, 0.6) is 5.75 Å². The first-order chi connectivity index (χ1) is 28.0. The summed E-state index contributed by atoms with van der Waals surface area (Å²) in [6.45, 7) is 1.64. The van der Waals surface area contributed by atoms with Crippen molar-refractivity contribution in [1.82, 2.24) is 20.3 Å². The average Bonchev–Trinajstić information content (AvgIpc) is 3.99. The van der Waals surface area contributed by atoms with Gasteiger partial charge in [-0.15, -0.1) is 11.6 Å². The highest BCUT2D eigenvalue weighted by molar-refractivity contribution is 8.00. The van der Waals surface area contributed by atoms with Crippen molar-refractivity contribution in [3.8, 4) is 5.75 Å². The molecule has 0 spiro atoms. The molecular weight excluding hydrogens is 784 g/mol. The van der Waals surface area contributed by atoms with Crippen LogP contribution in [0.1, 0.15) is 45.8 Å². The number of fused-ring (bicyclic) bond motifs is 5. The number of nitrogens with one attached hydrogen (secondary N) is 5. The Morgan fingerprint density at radius 2 is 1.59 bits per heavy atom. The number of carbonyl (C=O) groups is 6. The summed E-state index contributed by atoms with van der Waals surface area (Å²) in [5.41, 5.74) is 6.77. The molecule has 4 heterocycles. The lowest BCUT2D eigenvalue weighted by Gasteiger charge is -2.18. The molecule has 6 aromatic rings. The number of anilines is 3. The van der Waals surface area contributed by atoms with E-state index in [0.29, 0.717) is 62.7 Å². The van der Waals surface area contributed by atoms with E-state index in [1.807, 2.05) is 24.3 Å². The highest BCUT2D eigenvalue weighted by Crippen LogP contribution is 2.46. The van der Waals surface area contributed by atoms with Crippen molar-refractivity contribution in [3.63, 3.8) is 0 Å². The summed E-state index contributed by atoms with van der Waals surface area (Å²) in [6, 6.07) is 22.4. The standard InChI is InChI=1S/C41H35ClN8O7S/c1-21(51)57-34-17-33-37(28-6-4-3-5-27(28)34)24(19-42)20-50(33)39(54)32-16-23-13-25(7-9-30(23)47-32)44-38(53)31-15-22-14-26(8-10-29(22)46-31)45-41(56)48-43-11-12-49-36(52)18-35(58-2)40(49)55/h3-11,13-17,24,35,46-47H,12,18-20H2,1-2H3,(H,44,53)(H2,45,48,56)/b43-11+. The molecule has 4 aromatic carbocycles. The predicted molar refractivity (Wildman–Crippen MR) is 224 cm³/mol. The van der Waals surface area contributed by atoms with Gasteiger partial charge in [0.1, 0.15) is 17.1 Å². The van der Waals surface area contributed by atoms with Crippen LogP contribution < -0.4 is 25.7 Å². The van der Waals surface area contributed by atoms with Gasteiger partial charge in [-0.3, -0.25) is 28.9 Å². The van der Waals surface area contributed by atoms with Crippen LogP contribution in [-0.4, -0.2) is 87.2 Å². The van der Waals surface area contributed by atoms with Gasteiger partial charge in [0.2, 0.25) is 11.8 Å². The first-order valence-corrected chi connectivity index (χ1v) is 20.0. The van der Waals surface area contributed by atoms with E-state index >= 15 is 0 Å². The second-order valence-corrected chi connectivity index (χ2v) is 15.1. The smallest absolute Gasteiger partial charge is 0.339 e. The van der Waals surface area contributed by atoms with Gasteiger partial charge in [-0.1, -0.05) is 24.3 Å². The van der Waals surface area contributed by atoms with Crippen molar-refractivity contribution in [2.45, 2.75) is 24.5 Å². The Labute approximate surface area is 339 Å². The highest BCUT2D eigenvalue weighted by Gasteiger charge is 2.38. The molecule has 2 aliphatic rings. The molecule has 2 atom stereocenters. The number of urea groups is 1. The minimum absolute atomic E-state index is 0.0429. The number of rotatable bonds is 10. The van der Waals surface area contributed by atoms with E-state index in [1.165, 1.54) is 24.9 Å². The third-order valence-corrected chi connectivity index (χ3v) is 11.4. The summed E-state index contributed by atoms with van der Waals surface area (Å²) < 4.78 is 5.56. The van der Waals surface area contributed by atoms with Crippen LogP contribution >= 0.6 is 23.4 Å². The Kier molecular flexibility index (Phi) is 10.4. The molecule has 0 aliphatic carbocycles. The van der Waals surface area contributed by atoms with Crippen LogP contribution in [0.3, 0.4) is 0 Å². The first kappa shape index (κ1) is 38.2. The number of benzene rings is 4. The molecule has 58 heavy (non-hydrogen) atoms. The number of alkyl halides is 1. The molecule has 1 saturated heterocycles. The van der Waals surface area contributed by atoms with Gasteiger partial charge in [0.15, 0.2) is 0 Å². The summed E-state index contributed by atoms with van der Waals surface area (Å²) in [6.07, 6.45) is 3.20. The molecule has 1 fully saturated rings. The normalized spacial score (nSPS) is 16.5. The van der Waals surface area contributed by atoms with E-state index in [9.17, 15) is 28.8 Å². The maximum atomic E-state index is 14.1. The summed E-state index contributed by atoms with van der Waals surface area (Å²) >= 11 is 7.75. The van der Waals surface area contributed by atoms with Crippen LogP contribution in [-0.2, 0) is 14.4 Å². The Morgan fingerprint density at radius 3 is 2.26 bits per heavy atom. The summed E-state index contributed by atoms with van der Waals surface area (Å²) in [4.78, 5) is 85.2. The lowest BCUT2D eigenvalue weighted by Crippen LogP contribution is -2.33. The van der Waals surface area contributed by atoms with Gasteiger partial charge < -0.3 is 30.2 Å². The minimum Gasteiger partial charge on any atom is -0.426 e. The van der Waals surface area contributed by atoms with Crippen LogP contribution in [0.2, 0.25) is 0 Å². The van der Waals surface area contributed by atoms with Crippen molar-refractivity contribution in [1.29, 1.82) is 0 Å². The zero-order valence-corrected chi connectivity index (χ0v) is 32.6. The van der Waals surface area contributed by atoms with E-state index in [1.54, 1.807) is 65.8 Å². The van der Waals surface area contributed by atoms with Crippen LogP contribution in [0.15, 0.2) is 84.0 Å². The van der Waals surface area contributed by atoms with Gasteiger partial charge >= 0.3 is 12.0 Å². The van der Waals surface area contributed by atoms with Crippen LogP contribution in [0.25, 0.3) is 32.6 Å². The number of ether oxygens (including phenoxy) is 1. The quantitative estimate of drug-likeness (QED) is 0.0256. The van der Waals surface area contributed by atoms with E-state index in [4.69, 9.17) is 16.3 Å². The van der Waals surface area contributed by atoms with Crippen LogP contribution in [0.4, 0.5) is 21.9 Å². The third-order valence-electron chi connectivity index (χ3n) is 10.1. The Bertz CT molecular complexity index is 2730. The molecule has 15 nitrogen and oxygen atoms in total.